The van der Waals surface area contributed by atoms with Gasteiger partial charge in [0.25, 0.3) is 0 Å². The van der Waals surface area contributed by atoms with E-state index in [-0.39, 0.29) is 0 Å². The van der Waals surface area contributed by atoms with Gasteiger partial charge in [0.2, 0.25) is 0 Å². The number of aliphatic imine (C=N–C) groups is 1. The second kappa shape index (κ2) is 8.19. The van der Waals surface area contributed by atoms with E-state index in [2.05, 4.69) is 32.7 Å². The molecule has 1 saturated carbocycles. The molecule has 0 spiro atoms. The predicted octanol–water partition coefficient (Wildman–Crippen LogP) is 4.15. The van der Waals surface area contributed by atoms with Crippen LogP contribution in [-0.4, -0.2) is 17.9 Å². The lowest BCUT2D eigenvalue weighted by Crippen LogP contribution is -2.29. The lowest BCUT2D eigenvalue weighted by Gasteiger charge is -2.30. The highest BCUT2D eigenvalue weighted by Gasteiger charge is 2.26. The molecule has 0 saturated heterocycles. The van der Waals surface area contributed by atoms with E-state index in [4.69, 9.17) is 17.3 Å². The fourth-order valence-electron chi connectivity index (χ4n) is 4.05. The Kier molecular flexibility index (Phi) is 5.50. The minimum absolute atomic E-state index is 0.439. The van der Waals surface area contributed by atoms with E-state index in [0.717, 1.165) is 59.6 Å². The summed E-state index contributed by atoms with van der Waals surface area (Å²) in [6, 6.07) is 10.1. The van der Waals surface area contributed by atoms with Crippen molar-refractivity contribution in [3.63, 3.8) is 0 Å². The third-order valence-corrected chi connectivity index (χ3v) is 5.90. The molecule has 4 rings (SSSR count). The van der Waals surface area contributed by atoms with Crippen molar-refractivity contribution in [2.75, 3.05) is 6.54 Å². The van der Waals surface area contributed by atoms with E-state index < -0.39 is 0 Å². The van der Waals surface area contributed by atoms with Crippen LogP contribution < -0.4 is 16.4 Å². The number of H-pyrrole nitrogens is 1. The van der Waals surface area contributed by atoms with Crippen molar-refractivity contribution >= 4 is 29.5 Å². The van der Waals surface area contributed by atoms with Crippen LogP contribution in [0.25, 0.3) is 5.70 Å². The quantitative estimate of drug-likeness (QED) is 0.626. The van der Waals surface area contributed by atoms with Crippen LogP contribution >= 0.6 is 11.6 Å². The number of aromatic nitrogens is 1. The summed E-state index contributed by atoms with van der Waals surface area (Å²) in [5.74, 6) is 2.04. The van der Waals surface area contributed by atoms with Gasteiger partial charge in [-0.15, -0.1) is 0 Å². The standard InChI is InChI=1S/C21H26ClN5/c22-17-7-3-15(4-8-17)12-24-11-14-1-5-16(6-2-14)19(23)20-18-9-10-25-21(18)27-13-26-20/h3-4,7-10,13-14,16,24-25H,1-2,5-6,11-12,23H2,(H,26,27)/b20-19-. The smallest absolute Gasteiger partial charge is 0.141 e. The van der Waals surface area contributed by atoms with Crippen LogP contribution in [0, 0.1) is 11.8 Å². The van der Waals surface area contributed by atoms with Crippen LogP contribution in [0.2, 0.25) is 5.02 Å². The van der Waals surface area contributed by atoms with Gasteiger partial charge < -0.3 is 21.4 Å². The summed E-state index contributed by atoms with van der Waals surface area (Å²) in [5.41, 5.74) is 10.9. The third-order valence-electron chi connectivity index (χ3n) is 5.65. The van der Waals surface area contributed by atoms with Gasteiger partial charge >= 0.3 is 0 Å². The molecule has 1 fully saturated rings. The zero-order valence-electron chi connectivity index (χ0n) is 15.3. The van der Waals surface area contributed by atoms with Gasteiger partial charge in [0.05, 0.1) is 12.0 Å². The normalized spacial score (nSPS) is 23.6. The van der Waals surface area contributed by atoms with Gasteiger partial charge in [-0.05, 0) is 61.9 Å². The molecular weight excluding hydrogens is 358 g/mol. The molecule has 0 unspecified atom stereocenters. The van der Waals surface area contributed by atoms with Crippen molar-refractivity contribution in [2.24, 2.45) is 22.6 Å². The number of halogens is 1. The van der Waals surface area contributed by atoms with Crippen molar-refractivity contribution in [3.8, 4) is 0 Å². The molecule has 2 aliphatic rings. The molecule has 6 heteroatoms. The molecule has 1 aromatic heterocycles. The van der Waals surface area contributed by atoms with Gasteiger partial charge in [0, 0.05) is 34.9 Å². The SMILES string of the molecule is N/C(=C1\NC=Nc2[nH]ccc21)C1CCC(CNCc2ccc(Cl)cc2)CC1. The average Bonchev–Trinajstić information content (AvgIpc) is 3.18. The lowest BCUT2D eigenvalue weighted by atomic mass is 9.79. The molecule has 0 bridgehead atoms. The zero-order valence-corrected chi connectivity index (χ0v) is 16.1. The molecule has 1 aliphatic carbocycles. The van der Waals surface area contributed by atoms with Crippen LogP contribution in [0.5, 0.6) is 0 Å². The molecule has 1 aromatic carbocycles. The van der Waals surface area contributed by atoms with Crippen molar-refractivity contribution in [1.29, 1.82) is 0 Å². The Bertz CT molecular complexity index is 829. The van der Waals surface area contributed by atoms with Crippen molar-refractivity contribution < 1.29 is 0 Å². The summed E-state index contributed by atoms with van der Waals surface area (Å²) in [6.45, 7) is 1.95. The first-order chi connectivity index (χ1) is 13.2. The summed E-state index contributed by atoms with van der Waals surface area (Å²) < 4.78 is 0. The summed E-state index contributed by atoms with van der Waals surface area (Å²) in [7, 11) is 0. The first-order valence-electron chi connectivity index (χ1n) is 9.62. The van der Waals surface area contributed by atoms with Crippen molar-refractivity contribution in [3.05, 3.63) is 58.4 Å². The number of nitrogens with two attached hydrogens (primary N) is 1. The Hall–Kier alpha value is -2.24. The molecule has 142 valence electrons. The molecule has 5 N–H and O–H groups in total. The molecular formula is C21H26ClN5. The van der Waals surface area contributed by atoms with Gasteiger partial charge in [-0.25, -0.2) is 4.99 Å². The van der Waals surface area contributed by atoms with Gasteiger partial charge in [-0.1, -0.05) is 23.7 Å². The number of hydrogen-bond donors (Lipinski definition) is 4. The van der Waals surface area contributed by atoms with E-state index >= 15 is 0 Å². The molecule has 0 amide bonds. The summed E-state index contributed by atoms with van der Waals surface area (Å²) in [4.78, 5) is 7.46. The number of allylic oxidation sites excluding steroid dienone is 1. The largest absolute Gasteiger partial charge is 0.400 e. The van der Waals surface area contributed by atoms with E-state index in [1.54, 1.807) is 6.34 Å². The van der Waals surface area contributed by atoms with Gasteiger partial charge in [0.15, 0.2) is 0 Å². The van der Waals surface area contributed by atoms with Crippen molar-refractivity contribution in [1.82, 2.24) is 15.6 Å². The van der Waals surface area contributed by atoms with Crippen molar-refractivity contribution in [2.45, 2.75) is 32.2 Å². The molecule has 1 aliphatic heterocycles. The fraction of sp³-hybridized carbons (Fsp3) is 0.381. The molecule has 27 heavy (non-hydrogen) atoms. The highest BCUT2D eigenvalue weighted by molar-refractivity contribution is 6.30. The number of fused-ring (bicyclic) bond motifs is 1. The lowest BCUT2D eigenvalue weighted by molar-refractivity contribution is 0.290. The maximum atomic E-state index is 6.55. The Morgan fingerprint density at radius 2 is 1.93 bits per heavy atom. The number of benzene rings is 1. The maximum Gasteiger partial charge on any atom is 0.141 e. The van der Waals surface area contributed by atoms with Gasteiger partial charge in [-0.2, -0.15) is 0 Å². The van der Waals surface area contributed by atoms with E-state index in [9.17, 15) is 0 Å². The Labute approximate surface area is 165 Å². The second-order valence-electron chi connectivity index (χ2n) is 7.45. The van der Waals surface area contributed by atoms with Crippen LogP contribution in [0.4, 0.5) is 5.82 Å². The zero-order chi connectivity index (χ0) is 18.6. The third kappa shape index (κ3) is 4.20. The fourth-order valence-corrected chi connectivity index (χ4v) is 4.18. The first-order valence-corrected chi connectivity index (χ1v) is 10.00. The first kappa shape index (κ1) is 18.1. The minimum atomic E-state index is 0.439. The van der Waals surface area contributed by atoms with Crippen LogP contribution in [0.3, 0.4) is 0 Å². The summed E-state index contributed by atoms with van der Waals surface area (Å²) in [6.07, 6.45) is 8.32. The Balaban J connectivity index is 1.28. The summed E-state index contributed by atoms with van der Waals surface area (Å²) >= 11 is 5.94. The molecule has 2 heterocycles. The minimum Gasteiger partial charge on any atom is -0.400 e. The molecule has 2 aromatic rings. The predicted molar refractivity (Wildman–Crippen MR) is 112 cm³/mol. The monoisotopic (exact) mass is 383 g/mol. The maximum absolute atomic E-state index is 6.55. The van der Waals surface area contributed by atoms with Crippen LogP contribution in [0.15, 0.2) is 47.2 Å². The molecule has 5 nitrogen and oxygen atoms in total. The summed E-state index contributed by atoms with van der Waals surface area (Å²) in [5, 5.41) is 7.62. The topological polar surface area (TPSA) is 78.2 Å². The average molecular weight is 384 g/mol. The highest BCUT2D eigenvalue weighted by Crippen LogP contribution is 2.35. The number of rotatable bonds is 5. The highest BCUT2D eigenvalue weighted by atomic mass is 35.5. The Morgan fingerprint density at radius 3 is 2.70 bits per heavy atom. The number of hydrogen-bond acceptors (Lipinski definition) is 4. The van der Waals surface area contributed by atoms with E-state index in [0.29, 0.717) is 5.92 Å². The number of nitrogens with one attached hydrogen (secondary N) is 3. The number of nitrogens with zero attached hydrogens (tertiary/aromatic N) is 1. The Morgan fingerprint density at radius 1 is 1.15 bits per heavy atom. The second-order valence-corrected chi connectivity index (χ2v) is 7.88. The number of aromatic amines is 1. The van der Waals surface area contributed by atoms with Crippen LogP contribution in [0.1, 0.15) is 36.8 Å². The van der Waals surface area contributed by atoms with Gasteiger partial charge in [0.1, 0.15) is 5.82 Å². The molecule has 0 atom stereocenters. The van der Waals surface area contributed by atoms with E-state index in [1.165, 1.54) is 18.4 Å². The van der Waals surface area contributed by atoms with E-state index in [1.807, 2.05) is 24.4 Å². The van der Waals surface area contributed by atoms with Gasteiger partial charge in [-0.3, -0.25) is 0 Å². The molecule has 0 radical (unpaired) electrons. The van der Waals surface area contributed by atoms with Crippen LogP contribution in [-0.2, 0) is 6.54 Å².